The number of hydrogen-bond donors (Lipinski definition) is 3. The minimum absolute atomic E-state index is 0.212. The largest absolute Gasteiger partial charge is 0.480 e. The molecule has 0 saturated heterocycles. The first-order valence-electron chi connectivity index (χ1n) is 3.86. The van der Waals surface area contributed by atoms with E-state index in [0.717, 1.165) is 7.11 Å². The minimum Gasteiger partial charge on any atom is -0.480 e. The molecule has 0 aromatic rings. The monoisotopic (exact) mass is 240 g/mol. The molecule has 4 N–H and O–H groups in total. The van der Waals surface area contributed by atoms with Crippen molar-refractivity contribution in [2.45, 2.75) is 18.9 Å². The molecule has 0 aliphatic heterocycles. The van der Waals surface area contributed by atoms with E-state index in [1.54, 1.807) is 4.72 Å². The van der Waals surface area contributed by atoms with Gasteiger partial charge in [-0.2, -0.15) is 13.1 Å². The number of carbonyl (C=O) groups excluding carboxylic acids is 1. The number of carboxylic acid groups (broad SMARTS) is 1. The predicted octanol–water partition coefficient (Wildman–Crippen LogP) is -1.81. The van der Waals surface area contributed by atoms with Crippen molar-refractivity contribution >= 4 is 22.1 Å². The summed E-state index contributed by atoms with van der Waals surface area (Å²) in [5, 5.41) is 13.2. The smallest absolute Gasteiger partial charge is 0.321 e. The summed E-state index contributed by atoms with van der Waals surface area (Å²) in [4.78, 5) is 21.2. The van der Waals surface area contributed by atoms with Crippen LogP contribution in [0.1, 0.15) is 12.8 Å². The third-order valence-electron chi connectivity index (χ3n) is 1.47. The summed E-state index contributed by atoms with van der Waals surface area (Å²) in [6, 6.07) is -1.43. The van der Waals surface area contributed by atoms with Crippen LogP contribution in [0, 0.1) is 0 Å². The molecule has 0 aliphatic rings. The van der Waals surface area contributed by atoms with E-state index >= 15 is 0 Å². The molecule has 0 amide bonds. The zero-order chi connectivity index (χ0) is 12.1. The Morgan fingerprint density at radius 1 is 1.53 bits per heavy atom. The van der Waals surface area contributed by atoms with Crippen molar-refractivity contribution in [1.82, 2.24) is 4.72 Å². The summed E-state index contributed by atoms with van der Waals surface area (Å²) in [7, 11) is -2.96. The van der Waals surface area contributed by atoms with Gasteiger partial charge in [0.25, 0.3) is 10.2 Å². The molecule has 0 fully saturated rings. The van der Waals surface area contributed by atoms with Gasteiger partial charge in [0.1, 0.15) is 6.04 Å². The third kappa shape index (κ3) is 6.82. The molecule has 0 unspecified atom stereocenters. The van der Waals surface area contributed by atoms with Crippen molar-refractivity contribution in [2.24, 2.45) is 5.14 Å². The Hall–Kier alpha value is -1.19. The zero-order valence-corrected chi connectivity index (χ0v) is 8.78. The lowest BCUT2D eigenvalue weighted by atomic mass is 10.2. The summed E-state index contributed by atoms with van der Waals surface area (Å²) in [6.45, 7) is 0. The number of rotatable bonds is 6. The summed E-state index contributed by atoms with van der Waals surface area (Å²) in [6.07, 6.45) is -0.436. The molecule has 1 atom stereocenters. The van der Waals surface area contributed by atoms with Crippen LogP contribution < -0.4 is 9.86 Å². The van der Waals surface area contributed by atoms with E-state index in [-0.39, 0.29) is 12.8 Å². The van der Waals surface area contributed by atoms with Crippen LogP contribution in [0.5, 0.6) is 0 Å². The van der Waals surface area contributed by atoms with Crippen molar-refractivity contribution in [1.29, 1.82) is 0 Å². The minimum atomic E-state index is -4.11. The van der Waals surface area contributed by atoms with E-state index in [9.17, 15) is 18.0 Å². The fraction of sp³-hybridized carbons (Fsp3) is 0.667. The second-order valence-corrected chi connectivity index (χ2v) is 3.99. The SMILES string of the molecule is COC(=O)CC[C@H](NS(N)(=O)=O)C(=O)O. The van der Waals surface area contributed by atoms with Crippen LogP contribution in [-0.4, -0.2) is 38.6 Å². The molecule has 0 saturated carbocycles. The van der Waals surface area contributed by atoms with Crippen LogP contribution in [-0.2, 0) is 24.5 Å². The number of ether oxygens (including phenoxy) is 1. The van der Waals surface area contributed by atoms with Gasteiger partial charge in [-0.25, -0.2) is 5.14 Å². The fourth-order valence-electron chi connectivity index (χ4n) is 0.795. The average Bonchev–Trinajstić information content (AvgIpc) is 2.09. The van der Waals surface area contributed by atoms with E-state index in [0.29, 0.717) is 0 Å². The first-order chi connectivity index (χ1) is 6.76. The summed E-state index contributed by atoms with van der Waals surface area (Å²) >= 11 is 0. The van der Waals surface area contributed by atoms with E-state index in [2.05, 4.69) is 9.88 Å². The van der Waals surface area contributed by atoms with Crippen molar-refractivity contribution in [3.63, 3.8) is 0 Å². The van der Waals surface area contributed by atoms with Gasteiger partial charge in [-0.3, -0.25) is 9.59 Å². The molecule has 0 aromatic heterocycles. The van der Waals surface area contributed by atoms with E-state index in [1.165, 1.54) is 0 Å². The van der Waals surface area contributed by atoms with E-state index in [1.807, 2.05) is 0 Å². The molecule has 9 heteroatoms. The standard InChI is InChI=1S/C6H12N2O6S/c1-14-5(9)3-2-4(6(10)11)8-15(7,12)13/h4,8H,2-3H2,1H3,(H,10,11)(H2,7,12,13)/t4-/m0/s1. The number of nitrogens with one attached hydrogen (secondary N) is 1. The van der Waals surface area contributed by atoms with Gasteiger partial charge in [0.2, 0.25) is 0 Å². The molecule has 8 nitrogen and oxygen atoms in total. The zero-order valence-electron chi connectivity index (χ0n) is 7.97. The van der Waals surface area contributed by atoms with Crippen LogP contribution >= 0.6 is 0 Å². The Morgan fingerprint density at radius 3 is 2.40 bits per heavy atom. The van der Waals surface area contributed by atoms with Gasteiger partial charge in [0, 0.05) is 6.42 Å². The molecule has 0 aromatic carbocycles. The van der Waals surface area contributed by atoms with Crippen LogP contribution in [0.4, 0.5) is 0 Å². The lowest BCUT2D eigenvalue weighted by Gasteiger charge is -2.11. The molecule has 0 rings (SSSR count). The fourth-order valence-corrected chi connectivity index (χ4v) is 1.41. The number of esters is 1. The highest BCUT2D eigenvalue weighted by atomic mass is 32.2. The molecule has 0 spiro atoms. The number of methoxy groups -OCH3 is 1. The van der Waals surface area contributed by atoms with Gasteiger partial charge < -0.3 is 9.84 Å². The highest BCUT2D eigenvalue weighted by Crippen LogP contribution is 2.00. The summed E-state index contributed by atoms with van der Waals surface area (Å²) < 4.78 is 27.0. The van der Waals surface area contributed by atoms with Gasteiger partial charge in [0.05, 0.1) is 7.11 Å². The van der Waals surface area contributed by atoms with Crippen molar-refractivity contribution < 1.29 is 27.9 Å². The Bertz CT molecular complexity index is 338. The number of hydrogen-bond acceptors (Lipinski definition) is 5. The third-order valence-corrected chi connectivity index (χ3v) is 2.08. The Balaban J connectivity index is 4.31. The first-order valence-corrected chi connectivity index (χ1v) is 5.40. The normalized spacial score (nSPS) is 13.2. The number of carbonyl (C=O) groups is 2. The van der Waals surface area contributed by atoms with Crippen LogP contribution in [0.25, 0.3) is 0 Å². The van der Waals surface area contributed by atoms with Gasteiger partial charge in [-0.05, 0) is 6.42 Å². The maximum atomic E-state index is 10.7. The number of aliphatic carboxylic acids is 1. The van der Waals surface area contributed by atoms with Gasteiger partial charge in [-0.15, -0.1) is 0 Å². The molecule has 15 heavy (non-hydrogen) atoms. The number of carboxylic acids is 1. The number of nitrogens with two attached hydrogens (primary N) is 1. The van der Waals surface area contributed by atoms with E-state index in [4.69, 9.17) is 5.11 Å². The molecule has 0 bridgehead atoms. The van der Waals surface area contributed by atoms with Crippen molar-refractivity contribution in [3.8, 4) is 0 Å². The second kappa shape index (κ2) is 5.63. The topological polar surface area (TPSA) is 136 Å². The second-order valence-electron chi connectivity index (χ2n) is 2.67. The van der Waals surface area contributed by atoms with Crippen LogP contribution in [0.3, 0.4) is 0 Å². The van der Waals surface area contributed by atoms with E-state index < -0.39 is 28.2 Å². The molecule has 88 valence electrons. The quantitative estimate of drug-likeness (QED) is 0.468. The lowest BCUT2D eigenvalue weighted by Crippen LogP contribution is -2.44. The van der Waals surface area contributed by atoms with Gasteiger partial charge in [0.15, 0.2) is 0 Å². The van der Waals surface area contributed by atoms with Crippen molar-refractivity contribution in [2.75, 3.05) is 7.11 Å². The highest BCUT2D eigenvalue weighted by Gasteiger charge is 2.22. The summed E-state index contributed by atoms with van der Waals surface area (Å²) in [5.74, 6) is -2.04. The Labute approximate surface area is 86.6 Å². The summed E-state index contributed by atoms with van der Waals surface area (Å²) in [5.41, 5.74) is 0. The predicted molar refractivity (Wildman–Crippen MR) is 48.9 cm³/mol. The van der Waals surface area contributed by atoms with Gasteiger partial charge in [-0.1, -0.05) is 0 Å². The first kappa shape index (κ1) is 13.8. The maximum Gasteiger partial charge on any atom is 0.321 e. The molecular formula is C6H12N2O6S. The Kier molecular flexibility index (Phi) is 5.19. The Morgan fingerprint density at radius 2 is 2.07 bits per heavy atom. The highest BCUT2D eigenvalue weighted by molar-refractivity contribution is 7.87. The van der Waals surface area contributed by atoms with Crippen molar-refractivity contribution in [3.05, 3.63) is 0 Å². The average molecular weight is 240 g/mol. The molecular weight excluding hydrogens is 228 g/mol. The lowest BCUT2D eigenvalue weighted by molar-refractivity contribution is -0.142. The van der Waals surface area contributed by atoms with Crippen LogP contribution in [0.15, 0.2) is 0 Å². The maximum absolute atomic E-state index is 10.7. The van der Waals surface area contributed by atoms with Crippen LogP contribution in [0.2, 0.25) is 0 Å². The molecule has 0 heterocycles. The molecule has 0 radical (unpaired) electrons. The molecule has 0 aliphatic carbocycles. The van der Waals surface area contributed by atoms with Gasteiger partial charge >= 0.3 is 11.9 Å².